The second kappa shape index (κ2) is 4.90. The quantitative estimate of drug-likeness (QED) is 0.916. The van der Waals surface area contributed by atoms with Gasteiger partial charge < -0.3 is 9.88 Å². The summed E-state index contributed by atoms with van der Waals surface area (Å²) < 4.78 is 2.19. The Morgan fingerprint density at radius 3 is 2.67 bits per heavy atom. The van der Waals surface area contributed by atoms with Crippen molar-refractivity contribution in [2.24, 2.45) is 0 Å². The molecule has 0 aliphatic rings. The number of aromatic nitrogens is 2. The van der Waals surface area contributed by atoms with Crippen LogP contribution in [0.3, 0.4) is 0 Å². The third-order valence-electron chi connectivity index (χ3n) is 3.21. The van der Waals surface area contributed by atoms with Crippen LogP contribution >= 0.6 is 11.6 Å². The first kappa shape index (κ1) is 13.4. The zero-order valence-electron chi connectivity index (χ0n) is 11.4. The van der Waals surface area contributed by atoms with Gasteiger partial charge in [-0.3, -0.25) is 0 Å². The SMILES string of the molecule is CCNC(C)(C)c1nc2cccc(Cl)c2n1CC. The minimum Gasteiger partial charge on any atom is -0.325 e. The third-order valence-corrected chi connectivity index (χ3v) is 3.52. The molecule has 0 amide bonds. The van der Waals surface area contributed by atoms with E-state index in [2.05, 4.69) is 37.6 Å². The molecule has 2 aromatic rings. The van der Waals surface area contributed by atoms with Gasteiger partial charge in [-0.1, -0.05) is 24.6 Å². The zero-order chi connectivity index (χ0) is 13.3. The molecule has 0 spiro atoms. The fourth-order valence-electron chi connectivity index (χ4n) is 2.45. The third kappa shape index (κ3) is 2.13. The lowest BCUT2D eigenvalue weighted by Gasteiger charge is -2.26. The predicted octanol–water partition coefficient (Wildman–Crippen LogP) is 3.55. The number of rotatable bonds is 4. The van der Waals surface area contributed by atoms with Gasteiger partial charge in [0.05, 0.1) is 21.6 Å². The summed E-state index contributed by atoms with van der Waals surface area (Å²) in [4.78, 5) is 4.75. The Labute approximate surface area is 113 Å². The lowest BCUT2D eigenvalue weighted by Crippen LogP contribution is -2.38. The summed E-state index contributed by atoms with van der Waals surface area (Å²) in [6.45, 7) is 10.3. The van der Waals surface area contributed by atoms with Gasteiger partial charge in [0.2, 0.25) is 0 Å². The van der Waals surface area contributed by atoms with Crippen LogP contribution in [0.4, 0.5) is 0 Å². The first-order chi connectivity index (χ1) is 8.51. The largest absolute Gasteiger partial charge is 0.325 e. The van der Waals surface area contributed by atoms with Gasteiger partial charge in [-0.15, -0.1) is 0 Å². The van der Waals surface area contributed by atoms with Crippen molar-refractivity contribution in [2.75, 3.05) is 6.54 Å². The van der Waals surface area contributed by atoms with Gasteiger partial charge in [0, 0.05) is 6.54 Å². The molecule has 0 aliphatic carbocycles. The van der Waals surface area contributed by atoms with Crippen LogP contribution in [-0.2, 0) is 12.1 Å². The molecule has 98 valence electrons. The number of para-hydroxylation sites is 1. The van der Waals surface area contributed by atoms with Crippen LogP contribution in [0.5, 0.6) is 0 Å². The molecule has 0 unspecified atom stereocenters. The van der Waals surface area contributed by atoms with E-state index >= 15 is 0 Å². The first-order valence-corrected chi connectivity index (χ1v) is 6.79. The highest BCUT2D eigenvalue weighted by Gasteiger charge is 2.26. The van der Waals surface area contributed by atoms with Crippen molar-refractivity contribution < 1.29 is 0 Å². The van der Waals surface area contributed by atoms with Crippen molar-refractivity contribution in [3.63, 3.8) is 0 Å². The van der Waals surface area contributed by atoms with E-state index in [1.165, 1.54) is 0 Å². The number of hydrogen-bond acceptors (Lipinski definition) is 2. The van der Waals surface area contributed by atoms with E-state index in [4.69, 9.17) is 16.6 Å². The standard InChI is InChI=1S/C14H20ClN3/c1-5-16-14(3,4)13-17-11-9-7-8-10(15)12(11)18(13)6-2/h7-9,16H,5-6H2,1-4H3. The average Bonchev–Trinajstić information content (AvgIpc) is 2.69. The predicted molar refractivity (Wildman–Crippen MR) is 77.1 cm³/mol. The Hall–Kier alpha value is -1.06. The maximum Gasteiger partial charge on any atom is 0.129 e. The molecule has 2 rings (SSSR count). The maximum absolute atomic E-state index is 6.30. The molecule has 0 aliphatic heterocycles. The Balaban J connectivity index is 2.68. The van der Waals surface area contributed by atoms with Gasteiger partial charge in [-0.2, -0.15) is 0 Å². The molecule has 1 aromatic heterocycles. The van der Waals surface area contributed by atoms with Gasteiger partial charge in [0.1, 0.15) is 5.82 Å². The van der Waals surface area contributed by atoms with Crippen LogP contribution in [0.25, 0.3) is 11.0 Å². The molecule has 4 heteroatoms. The smallest absolute Gasteiger partial charge is 0.129 e. The Kier molecular flexibility index (Phi) is 3.64. The summed E-state index contributed by atoms with van der Waals surface area (Å²) in [7, 11) is 0. The lowest BCUT2D eigenvalue weighted by molar-refractivity contribution is 0.377. The van der Waals surface area contributed by atoms with E-state index in [9.17, 15) is 0 Å². The van der Waals surface area contributed by atoms with E-state index in [1.54, 1.807) is 0 Å². The highest BCUT2D eigenvalue weighted by Crippen LogP contribution is 2.29. The average molecular weight is 266 g/mol. The first-order valence-electron chi connectivity index (χ1n) is 6.41. The molecule has 3 nitrogen and oxygen atoms in total. The van der Waals surface area contributed by atoms with Crippen LogP contribution < -0.4 is 5.32 Å². The van der Waals surface area contributed by atoms with Crippen LogP contribution in [0.2, 0.25) is 5.02 Å². The van der Waals surface area contributed by atoms with E-state index < -0.39 is 0 Å². The van der Waals surface area contributed by atoms with Crippen molar-refractivity contribution in [3.8, 4) is 0 Å². The summed E-state index contributed by atoms with van der Waals surface area (Å²) in [5, 5.41) is 4.23. The minimum absolute atomic E-state index is 0.160. The van der Waals surface area contributed by atoms with E-state index in [1.807, 2.05) is 18.2 Å². The van der Waals surface area contributed by atoms with Crippen molar-refractivity contribution in [3.05, 3.63) is 29.0 Å². The topological polar surface area (TPSA) is 29.9 Å². The molecule has 0 fully saturated rings. The van der Waals surface area contributed by atoms with Gasteiger partial charge in [0.25, 0.3) is 0 Å². The molecule has 1 aromatic carbocycles. The summed E-state index contributed by atoms with van der Waals surface area (Å²) in [5.74, 6) is 1.04. The second-order valence-corrected chi connectivity index (χ2v) is 5.35. The monoisotopic (exact) mass is 265 g/mol. The summed E-state index contributed by atoms with van der Waals surface area (Å²) in [6, 6.07) is 5.88. The highest BCUT2D eigenvalue weighted by molar-refractivity contribution is 6.35. The van der Waals surface area contributed by atoms with Crippen LogP contribution in [0.15, 0.2) is 18.2 Å². The molecular weight excluding hydrogens is 246 g/mol. The van der Waals surface area contributed by atoms with E-state index in [0.717, 1.165) is 35.0 Å². The van der Waals surface area contributed by atoms with E-state index in [-0.39, 0.29) is 5.54 Å². The fraction of sp³-hybridized carbons (Fsp3) is 0.500. The number of nitrogens with zero attached hydrogens (tertiary/aromatic N) is 2. The van der Waals surface area contributed by atoms with Crippen LogP contribution in [0, 0.1) is 0 Å². The minimum atomic E-state index is -0.160. The van der Waals surface area contributed by atoms with E-state index in [0.29, 0.717) is 0 Å². The summed E-state index contributed by atoms with van der Waals surface area (Å²) in [6.07, 6.45) is 0. The molecule has 1 N–H and O–H groups in total. The van der Waals surface area contributed by atoms with Gasteiger partial charge in [-0.05, 0) is 39.4 Å². The number of imidazole rings is 1. The molecule has 0 saturated heterocycles. The second-order valence-electron chi connectivity index (χ2n) is 4.94. The molecule has 0 radical (unpaired) electrons. The normalized spacial score (nSPS) is 12.3. The van der Waals surface area contributed by atoms with Crippen molar-refractivity contribution in [1.29, 1.82) is 0 Å². The van der Waals surface area contributed by atoms with Crippen LogP contribution in [-0.4, -0.2) is 16.1 Å². The molecule has 18 heavy (non-hydrogen) atoms. The molecular formula is C14H20ClN3. The maximum atomic E-state index is 6.30. The fourth-order valence-corrected chi connectivity index (χ4v) is 2.72. The van der Waals surface area contributed by atoms with Crippen LogP contribution in [0.1, 0.15) is 33.5 Å². The number of hydrogen-bond donors (Lipinski definition) is 1. The number of nitrogens with one attached hydrogen (secondary N) is 1. The molecule has 0 saturated carbocycles. The van der Waals surface area contributed by atoms with Crippen molar-refractivity contribution in [1.82, 2.24) is 14.9 Å². The number of benzene rings is 1. The highest BCUT2D eigenvalue weighted by atomic mass is 35.5. The zero-order valence-corrected chi connectivity index (χ0v) is 12.2. The Morgan fingerprint density at radius 2 is 2.06 bits per heavy atom. The lowest BCUT2D eigenvalue weighted by atomic mass is 10.0. The number of fused-ring (bicyclic) bond motifs is 1. The number of aryl methyl sites for hydroxylation is 1. The van der Waals surface area contributed by atoms with Gasteiger partial charge in [-0.25, -0.2) is 4.98 Å². The molecule has 0 bridgehead atoms. The van der Waals surface area contributed by atoms with Gasteiger partial charge >= 0.3 is 0 Å². The number of halogens is 1. The van der Waals surface area contributed by atoms with Crippen molar-refractivity contribution in [2.45, 2.75) is 39.8 Å². The van der Waals surface area contributed by atoms with Gasteiger partial charge in [0.15, 0.2) is 0 Å². The Bertz CT molecular complexity index is 557. The Morgan fingerprint density at radius 1 is 1.33 bits per heavy atom. The van der Waals surface area contributed by atoms with Crippen molar-refractivity contribution >= 4 is 22.6 Å². The molecule has 0 atom stereocenters. The summed E-state index contributed by atoms with van der Waals surface area (Å²) >= 11 is 6.30. The summed E-state index contributed by atoms with van der Waals surface area (Å²) in [5.41, 5.74) is 1.83. The molecule has 1 heterocycles.